The van der Waals surface area contributed by atoms with Crippen LogP contribution in [0.25, 0.3) is 0 Å². The first-order valence-electron chi connectivity index (χ1n) is 11.3. The molecule has 2 rings (SSSR count). The quantitative estimate of drug-likeness (QED) is 0.262. The first-order valence-corrected chi connectivity index (χ1v) is 14.3. The van der Waals surface area contributed by atoms with Crippen LogP contribution in [0, 0.1) is 0 Å². The van der Waals surface area contributed by atoms with Gasteiger partial charge in [0.1, 0.15) is 11.0 Å². The molecule has 0 aromatic heterocycles. The molecule has 0 bridgehead atoms. The van der Waals surface area contributed by atoms with Crippen molar-refractivity contribution >= 4 is 35.9 Å². The summed E-state index contributed by atoms with van der Waals surface area (Å²) in [4.78, 5) is 0. The predicted molar refractivity (Wildman–Crippen MR) is 138 cm³/mol. The van der Waals surface area contributed by atoms with Gasteiger partial charge >= 0.3 is 0 Å². The van der Waals surface area contributed by atoms with Gasteiger partial charge < -0.3 is 4.43 Å². The second-order valence-corrected chi connectivity index (χ2v) is 16.3. The average molecular weight is 458 g/mol. The van der Waals surface area contributed by atoms with E-state index in [-0.39, 0.29) is 9.79 Å². The van der Waals surface area contributed by atoms with E-state index in [0.29, 0.717) is 0 Å². The fourth-order valence-corrected chi connectivity index (χ4v) is 8.94. The van der Waals surface area contributed by atoms with Crippen LogP contribution in [0.2, 0.25) is 5.04 Å². The number of benzene rings is 2. The second kappa shape index (κ2) is 11.3. The van der Waals surface area contributed by atoms with Crippen molar-refractivity contribution in [3.8, 4) is 0 Å². The highest BCUT2D eigenvalue weighted by Gasteiger charge is 2.36. The first-order chi connectivity index (χ1) is 14.6. The molecule has 1 atom stereocenters. The summed E-state index contributed by atoms with van der Waals surface area (Å²) in [6.45, 7) is 13.5. The van der Waals surface area contributed by atoms with Gasteiger partial charge in [-0.2, -0.15) is 14.8 Å². The van der Waals surface area contributed by atoms with Crippen molar-refractivity contribution in [2.24, 2.45) is 4.40 Å². The Morgan fingerprint density at radius 2 is 1.35 bits per heavy atom. The maximum atomic E-state index is 12.0. The molecule has 31 heavy (non-hydrogen) atoms. The number of unbranched alkanes of at least 4 members (excludes halogenated alkanes) is 3. The van der Waals surface area contributed by atoms with E-state index in [9.17, 15) is 4.21 Å². The second-order valence-electron chi connectivity index (χ2n) is 10.0. The van der Waals surface area contributed by atoms with Crippen LogP contribution in [-0.4, -0.2) is 30.1 Å². The zero-order chi connectivity index (χ0) is 23.0. The Labute approximate surface area is 193 Å². The van der Waals surface area contributed by atoms with Gasteiger partial charge in [-0.25, -0.2) is 4.21 Å². The summed E-state index contributed by atoms with van der Waals surface area (Å²) in [5.74, 6) is 0. The molecule has 2 aromatic carbocycles. The van der Waals surface area contributed by atoms with Crippen LogP contribution in [-0.2, 0) is 15.4 Å². The normalized spacial score (nSPS) is 14.1. The number of nitrogens with zero attached hydrogens (tertiary/aromatic N) is 1. The van der Waals surface area contributed by atoms with Crippen LogP contribution in [0.3, 0.4) is 0 Å². The Kier molecular flexibility index (Phi) is 9.40. The molecule has 0 heterocycles. The summed E-state index contributed by atoms with van der Waals surface area (Å²) in [6, 6.07) is 21.6. The van der Waals surface area contributed by atoms with Crippen LogP contribution in [0.4, 0.5) is 0 Å². The number of hydrogen-bond acceptors (Lipinski definition) is 2. The van der Waals surface area contributed by atoms with E-state index in [1.165, 1.54) is 10.4 Å². The topological polar surface area (TPSA) is 38.7 Å². The van der Waals surface area contributed by atoms with Crippen LogP contribution in [0.1, 0.15) is 67.2 Å². The third kappa shape index (κ3) is 6.96. The van der Waals surface area contributed by atoms with Crippen LogP contribution >= 0.6 is 0 Å². The Hall–Kier alpha value is -1.56. The van der Waals surface area contributed by atoms with Crippen LogP contribution in [0.5, 0.6) is 0 Å². The third-order valence-corrected chi connectivity index (χ3v) is 11.8. The van der Waals surface area contributed by atoms with E-state index in [4.69, 9.17) is 4.43 Å². The molecule has 0 aliphatic rings. The van der Waals surface area contributed by atoms with E-state index in [1.54, 1.807) is 0 Å². The molecule has 0 amide bonds. The standard InChI is InChI=1S/C26H39NO2SSi/c1-25(2,3)30(28)27-21-15-7-8-16-22-29-31(26(4,5)6,23-17-11-9-12-18-23)24-19-13-10-14-20-24/h9-14,17-21H,7-8,15-16,22H2,1-6H3/q-1/b27-21+. The lowest BCUT2D eigenvalue weighted by atomic mass is 10.2. The Bertz CT molecular complexity index is 800. The largest absolute Gasteiger partial charge is 0.558 e. The highest BCUT2D eigenvalue weighted by Crippen LogP contribution is 2.36. The van der Waals surface area contributed by atoms with Crippen molar-refractivity contribution in [2.45, 2.75) is 77.0 Å². The molecule has 0 radical (unpaired) electrons. The molecule has 0 aliphatic heterocycles. The predicted octanol–water partition coefficient (Wildman–Crippen LogP) is 5.66. The minimum atomic E-state index is -2.43. The molecule has 2 aromatic rings. The van der Waals surface area contributed by atoms with Crippen molar-refractivity contribution < 1.29 is 8.63 Å². The van der Waals surface area contributed by atoms with Gasteiger partial charge in [0.2, 0.25) is 0 Å². The highest BCUT2D eigenvalue weighted by atomic mass is 32.2. The van der Waals surface area contributed by atoms with Crippen molar-refractivity contribution in [1.82, 2.24) is 0 Å². The van der Waals surface area contributed by atoms with Crippen molar-refractivity contribution in [2.75, 3.05) is 6.61 Å². The highest BCUT2D eigenvalue weighted by molar-refractivity contribution is 7.85. The maximum Gasteiger partial charge on any atom is 0.144 e. The molecule has 3 nitrogen and oxygen atoms in total. The summed E-state index contributed by atoms with van der Waals surface area (Å²) in [5, 5.41) is 2.66. The lowest BCUT2D eigenvalue weighted by Gasteiger charge is -2.55. The Morgan fingerprint density at radius 1 is 0.839 bits per heavy atom. The fourth-order valence-electron chi connectivity index (χ4n) is 3.78. The molecule has 0 aliphatic carbocycles. The van der Waals surface area contributed by atoms with E-state index >= 15 is 0 Å². The molecule has 5 heteroatoms. The van der Waals surface area contributed by atoms with Gasteiger partial charge in [-0.1, -0.05) is 87.9 Å². The molecular weight excluding hydrogens is 418 g/mol. The average Bonchev–Trinajstić information content (AvgIpc) is 2.72. The minimum Gasteiger partial charge on any atom is -0.558 e. The van der Waals surface area contributed by atoms with E-state index in [2.05, 4.69) is 85.8 Å². The molecule has 1 unspecified atom stereocenters. The summed E-state index contributed by atoms with van der Waals surface area (Å²) >= 11 is 0. The zero-order valence-electron chi connectivity index (χ0n) is 20.1. The van der Waals surface area contributed by atoms with Crippen molar-refractivity contribution in [1.29, 1.82) is 0 Å². The summed E-state index contributed by atoms with van der Waals surface area (Å²) in [7, 11) is -3.59. The minimum absolute atomic E-state index is 0.0133. The van der Waals surface area contributed by atoms with E-state index in [0.717, 1.165) is 32.3 Å². The Balaban J connectivity index is 2.04. The molecule has 0 spiro atoms. The van der Waals surface area contributed by atoms with Gasteiger partial charge in [-0.05, 0) is 40.0 Å². The first kappa shape index (κ1) is 25.7. The molecule has 0 fully saturated rings. The molecule has 171 valence electrons. The molecule has 0 saturated heterocycles. The van der Waals surface area contributed by atoms with E-state index < -0.39 is 19.3 Å². The zero-order valence-corrected chi connectivity index (χ0v) is 21.9. The van der Waals surface area contributed by atoms with Crippen LogP contribution in [0.15, 0.2) is 65.1 Å². The maximum absolute atomic E-state index is 12.0. The van der Waals surface area contributed by atoms with E-state index in [1.807, 2.05) is 27.0 Å². The SMILES string of the molecule is CC(C)(C)S(=O)/N=C/CCCCCO[Si-](c1ccccc1)(c1ccccc1)C(C)(C)C. The summed E-state index contributed by atoms with van der Waals surface area (Å²) < 4.78 is 22.8. The summed E-state index contributed by atoms with van der Waals surface area (Å²) in [5.41, 5.74) is 0. The van der Waals surface area contributed by atoms with Gasteiger partial charge in [0, 0.05) is 12.8 Å². The number of rotatable bonds is 10. The van der Waals surface area contributed by atoms with Crippen molar-refractivity contribution in [3.63, 3.8) is 0 Å². The molecule has 0 saturated carbocycles. The van der Waals surface area contributed by atoms with Gasteiger partial charge in [-0.3, -0.25) is 0 Å². The summed E-state index contributed by atoms with van der Waals surface area (Å²) in [6.07, 6.45) is 5.81. The van der Waals surface area contributed by atoms with Gasteiger partial charge in [0.15, 0.2) is 0 Å². The van der Waals surface area contributed by atoms with Crippen molar-refractivity contribution in [3.05, 3.63) is 60.7 Å². The van der Waals surface area contributed by atoms with Gasteiger partial charge in [-0.15, -0.1) is 5.04 Å². The van der Waals surface area contributed by atoms with Gasteiger partial charge in [0.25, 0.3) is 0 Å². The van der Waals surface area contributed by atoms with Gasteiger partial charge in [0.05, 0.1) is 13.1 Å². The lowest BCUT2D eigenvalue weighted by molar-refractivity contribution is 0.287. The molecular formula is C26H39NO2SSi-. The Morgan fingerprint density at radius 3 is 1.81 bits per heavy atom. The lowest BCUT2D eigenvalue weighted by Crippen LogP contribution is -2.66. The smallest absolute Gasteiger partial charge is 0.144 e. The monoisotopic (exact) mass is 457 g/mol. The number of hydrogen-bond donors (Lipinski definition) is 0. The fraction of sp³-hybridized carbons (Fsp3) is 0.500. The van der Waals surface area contributed by atoms with Crippen LogP contribution < -0.4 is 10.4 Å². The molecule has 0 N–H and O–H groups in total. The third-order valence-electron chi connectivity index (χ3n) is 5.41.